The molecule has 0 aliphatic carbocycles. The van der Waals surface area contributed by atoms with Gasteiger partial charge in [0.1, 0.15) is 11.2 Å². The molecular formula is C64H42N5O2P. The Bertz CT molecular complexity index is 4290. The third-order valence-corrected chi connectivity index (χ3v) is 14.9. The highest BCUT2D eigenvalue weighted by atomic mass is 31.1. The first-order chi connectivity index (χ1) is 35.7. The van der Waals surface area contributed by atoms with Gasteiger partial charge in [-0.2, -0.15) is 0 Å². The first-order valence-electron chi connectivity index (χ1n) is 24.1. The predicted molar refractivity (Wildman–Crippen MR) is 301 cm³/mol. The molecule has 0 spiro atoms. The van der Waals surface area contributed by atoms with Gasteiger partial charge in [0.25, 0.3) is 0 Å². The van der Waals surface area contributed by atoms with Crippen LogP contribution in [0.5, 0.6) is 0 Å². The van der Waals surface area contributed by atoms with Crippen LogP contribution in [0.4, 0.5) is 5.69 Å². The molecule has 2 aliphatic heterocycles. The van der Waals surface area contributed by atoms with Gasteiger partial charge < -0.3 is 18.4 Å². The highest BCUT2D eigenvalue weighted by Crippen LogP contribution is 2.43. The predicted octanol–water partition coefficient (Wildman–Crippen LogP) is 18.1. The summed E-state index contributed by atoms with van der Waals surface area (Å²) in [6, 6.07) is 73.9. The Hall–Kier alpha value is -9.42. The number of nitrogens with one attached hydrogen (secondary N) is 3. The fraction of sp³-hybridized carbons (Fsp3) is 0. The minimum Gasteiger partial charge on any atom is -0.404 e. The summed E-state index contributed by atoms with van der Waals surface area (Å²) in [5, 5.41) is 10.3. The summed E-state index contributed by atoms with van der Waals surface area (Å²) in [7, 11) is -1.72. The molecule has 4 aromatic heterocycles. The van der Waals surface area contributed by atoms with Crippen molar-refractivity contribution in [3.8, 4) is 44.5 Å². The van der Waals surface area contributed by atoms with Crippen LogP contribution in [-0.4, -0.2) is 19.9 Å². The van der Waals surface area contributed by atoms with Crippen molar-refractivity contribution in [2.24, 2.45) is 0 Å². The molecule has 7 nitrogen and oxygen atoms in total. The third-order valence-electron chi connectivity index (χ3n) is 13.7. The number of nitrogens with zero attached hydrogens (tertiary/aromatic N) is 2. The van der Waals surface area contributed by atoms with E-state index in [0.29, 0.717) is 0 Å². The van der Waals surface area contributed by atoms with Crippen molar-refractivity contribution in [1.29, 1.82) is 0 Å². The molecular weight excluding hydrogens is 902 g/mol. The van der Waals surface area contributed by atoms with E-state index in [1.807, 2.05) is 18.2 Å². The molecule has 72 heavy (non-hydrogen) atoms. The van der Waals surface area contributed by atoms with Crippen molar-refractivity contribution < 1.29 is 8.39 Å². The van der Waals surface area contributed by atoms with E-state index in [-0.39, 0.29) is 0 Å². The number of fused-ring (bicyclic) bond motifs is 15. The van der Waals surface area contributed by atoms with Gasteiger partial charge in [0.15, 0.2) is 0 Å². The lowest BCUT2D eigenvalue weighted by molar-refractivity contribution is 0.646. The first kappa shape index (κ1) is 41.5. The van der Waals surface area contributed by atoms with E-state index in [4.69, 9.17) is 18.4 Å². The molecule has 0 unspecified atom stereocenters. The molecule has 0 saturated carbocycles. The molecule has 0 amide bonds. The van der Waals surface area contributed by atoms with Gasteiger partial charge in [0, 0.05) is 60.8 Å². The van der Waals surface area contributed by atoms with Crippen LogP contribution in [-0.2, 0) is 0 Å². The minimum absolute atomic E-state index is 0.767. The van der Waals surface area contributed by atoms with Crippen LogP contribution >= 0.6 is 8.16 Å². The molecule has 0 radical (unpaired) electrons. The Morgan fingerprint density at radius 1 is 0.347 bits per heavy atom. The molecule has 0 fully saturated rings. The summed E-state index contributed by atoms with van der Waals surface area (Å²) in [5.41, 5.74) is 17.6. The number of anilines is 1. The fourth-order valence-electron chi connectivity index (χ4n) is 10.5. The zero-order chi connectivity index (χ0) is 47.5. The maximum Gasteiger partial charge on any atom is 0.338 e. The van der Waals surface area contributed by atoms with Crippen molar-refractivity contribution in [3.63, 3.8) is 0 Å². The number of hydrogen-bond donors (Lipinski definition) is 3. The molecule has 8 bridgehead atoms. The molecule has 0 saturated heterocycles. The molecule has 340 valence electrons. The average molecular weight is 944 g/mol. The molecule has 12 aromatic rings. The lowest BCUT2D eigenvalue weighted by atomic mass is 9.99. The Morgan fingerprint density at radius 2 is 0.722 bits per heavy atom. The summed E-state index contributed by atoms with van der Waals surface area (Å²) >= 11 is 0. The average Bonchev–Trinajstić information content (AvgIpc) is 4.28. The number of hydrogen-bond acceptors (Lipinski definition) is 5. The molecule has 3 N–H and O–H groups in total. The van der Waals surface area contributed by atoms with Gasteiger partial charge >= 0.3 is 8.16 Å². The molecule has 6 heterocycles. The summed E-state index contributed by atoms with van der Waals surface area (Å²) < 4.78 is 13.8. The second kappa shape index (κ2) is 17.2. The largest absolute Gasteiger partial charge is 0.404 e. The van der Waals surface area contributed by atoms with E-state index in [2.05, 4.69) is 233 Å². The maximum absolute atomic E-state index is 6.92. The molecule has 2 aliphatic rings. The second-order valence-corrected chi connectivity index (χ2v) is 19.2. The summed E-state index contributed by atoms with van der Waals surface area (Å²) in [6.07, 6.45) is 8.54. The van der Waals surface area contributed by atoms with Gasteiger partial charge in [0.05, 0.1) is 22.8 Å². The minimum atomic E-state index is -1.72. The van der Waals surface area contributed by atoms with Crippen LogP contribution in [0.2, 0.25) is 0 Å². The lowest BCUT2D eigenvalue weighted by Crippen LogP contribution is -1.90. The molecule has 8 heteroatoms. The van der Waals surface area contributed by atoms with E-state index in [9.17, 15) is 0 Å². The van der Waals surface area contributed by atoms with Crippen molar-refractivity contribution in [3.05, 3.63) is 235 Å². The van der Waals surface area contributed by atoms with Crippen LogP contribution in [0.25, 0.3) is 134 Å². The van der Waals surface area contributed by atoms with Crippen molar-refractivity contribution in [2.75, 3.05) is 5.09 Å². The Morgan fingerprint density at radius 3 is 1.15 bits per heavy atom. The fourth-order valence-corrected chi connectivity index (χ4v) is 11.6. The first-order valence-corrected chi connectivity index (χ1v) is 25.2. The number of H-pyrrole nitrogens is 2. The van der Waals surface area contributed by atoms with Gasteiger partial charge in [-0.05, 0) is 117 Å². The number of rotatable bonds is 6. The Labute approximate surface area is 414 Å². The maximum atomic E-state index is 6.92. The number of aromatic nitrogens is 4. The summed E-state index contributed by atoms with van der Waals surface area (Å²) in [4.78, 5) is 18.7. The van der Waals surface area contributed by atoms with Gasteiger partial charge in [-0.3, -0.25) is 5.09 Å². The van der Waals surface area contributed by atoms with Crippen LogP contribution in [0.15, 0.2) is 221 Å². The van der Waals surface area contributed by atoms with Crippen molar-refractivity contribution >= 4 is 104 Å². The van der Waals surface area contributed by atoms with Crippen LogP contribution in [0.1, 0.15) is 22.8 Å². The van der Waals surface area contributed by atoms with Crippen LogP contribution in [0.3, 0.4) is 0 Å². The van der Waals surface area contributed by atoms with E-state index in [1.165, 1.54) is 0 Å². The van der Waals surface area contributed by atoms with E-state index >= 15 is 0 Å². The smallest absolute Gasteiger partial charge is 0.338 e. The van der Waals surface area contributed by atoms with Crippen LogP contribution < -0.4 is 5.09 Å². The molecule has 14 rings (SSSR count). The number of aromatic amines is 2. The quantitative estimate of drug-likeness (QED) is 0.154. The third kappa shape index (κ3) is 7.22. The van der Waals surface area contributed by atoms with Crippen molar-refractivity contribution in [1.82, 2.24) is 19.9 Å². The van der Waals surface area contributed by atoms with Gasteiger partial charge in [-0.15, -0.1) is 0 Å². The summed E-state index contributed by atoms with van der Waals surface area (Å²) in [5.74, 6) is 0. The highest BCUT2D eigenvalue weighted by molar-refractivity contribution is 7.39. The Balaban J connectivity index is 1.02. The van der Waals surface area contributed by atoms with Gasteiger partial charge in [-0.25, -0.2) is 9.97 Å². The standard InChI is InChI=1S/C64H42N5O2P/c1-4-17-42(18-5-1)59-49-29-31-51(65-49)60(43-19-6-2-7-20-43)53-33-35-55(67-53)62(56-36-34-54(68-56)61(44-21-8-3-9-22-44)52-32-30-50(59)66-52)45-23-14-24-46(39-45)69-72-70-57-37-27-40-15-10-12-25-47(40)63(57)64-48-26-13-11-16-41(48)28-38-58(64)71-72/h1-39,65,68-69H. The van der Waals surface area contributed by atoms with E-state index in [0.717, 1.165) is 139 Å². The monoisotopic (exact) mass is 943 g/mol. The van der Waals surface area contributed by atoms with Gasteiger partial charge in [-0.1, -0.05) is 164 Å². The molecule has 0 atom stereocenters. The normalized spacial score (nSPS) is 12.1. The SMILES string of the molecule is C1=Cc2nc1c(-c1ccccc1)c1ccc([nH]1)c(-c1ccccc1)c1nc(c(-c3cccc(Np4oc5ccc6ccccc6c5c5c(ccc6ccccc65)o4)c3)c3ccc([nH]3)c2-c2ccccc2)C=C1. The zero-order valence-corrected chi connectivity index (χ0v) is 39.6. The topological polar surface area (TPSA) is 95.7 Å². The van der Waals surface area contributed by atoms with Crippen LogP contribution in [0, 0.1) is 0 Å². The number of benzene rings is 8. The zero-order valence-electron chi connectivity index (χ0n) is 38.7. The lowest BCUT2D eigenvalue weighted by Gasteiger charge is -2.09. The summed E-state index contributed by atoms with van der Waals surface area (Å²) in [6.45, 7) is 0. The van der Waals surface area contributed by atoms with Gasteiger partial charge in [0.2, 0.25) is 0 Å². The van der Waals surface area contributed by atoms with E-state index < -0.39 is 8.16 Å². The highest BCUT2D eigenvalue weighted by Gasteiger charge is 2.20. The van der Waals surface area contributed by atoms with E-state index in [1.54, 1.807) is 0 Å². The molecule has 8 aromatic carbocycles. The second-order valence-electron chi connectivity index (χ2n) is 18.1. The Kier molecular flexibility index (Phi) is 9.93. The van der Waals surface area contributed by atoms with Crippen molar-refractivity contribution in [2.45, 2.75) is 0 Å².